The highest BCUT2D eigenvalue weighted by Crippen LogP contribution is 2.24. The first-order chi connectivity index (χ1) is 15.5. The Morgan fingerprint density at radius 1 is 1.16 bits per heavy atom. The van der Waals surface area contributed by atoms with Crippen molar-refractivity contribution in [3.63, 3.8) is 0 Å². The molecule has 1 unspecified atom stereocenters. The molecule has 1 saturated heterocycles. The quantitative estimate of drug-likeness (QED) is 0.271. The molecule has 0 saturated carbocycles. The Labute approximate surface area is 189 Å². The van der Waals surface area contributed by atoms with Crippen LogP contribution in [0.5, 0.6) is 11.5 Å². The number of hydrogen-bond donors (Lipinski definition) is 4. The van der Waals surface area contributed by atoms with Crippen LogP contribution in [0.1, 0.15) is 34.8 Å². The molecule has 0 radical (unpaired) electrons. The van der Waals surface area contributed by atoms with Gasteiger partial charge in [-0.25, -0.2) is 4.99 Å². The molecule has 1 aliphatic heterocycles. The number of guanidine groups is 1. The van der Waals surface area contributed by atoms with E-state index in [0.29, 0.717) is 37.8 Å². The fourth-order valence-corrected chi connectivity index (χ4v) is 3.27. The minimum Gasteiger partial charge on any atom is -0.508 e. The predicted molar refractivity (Wildman–Crippen MR) is 124 cm³/mol. The number of amides is 1. The SMILES string of the molecule is CCNC(=NCc1ccc(C)cc1OC1CCOC1)NCCNC(=O)c1ccc(O)cc1. The highest BCUT2D eigenvalue weighted by molar-refractivity contribution is 5.94. The van der Waals surface area contributed by atoms with Crippen LogP contribution in [-0.4, -0.2) is 55.9 Å². The van der Waals surface area contributed by atoms with Crippen LogP contribution >= 0.6 is 0 Å². The van der Waals surface area contributed by atoms with E-state index in [-0.39, 0.29) is 17.8 Å². The van der Waals surface area contributed by atoms with Gasteiger partial charge in [0.2, 0.25) is 0 Å². The predicted octanol–water partition coefficient (Wildman–Crippen LogP) is 2.35. The maximum absolute atomic E-state index is 12.2. The van der Waals surface area contributed by atoms with E-state index < -0.39 is 0 Å². The first kappa shape index (κ1) is 23.4. The van der Waals surface area contributed by atoms with Crippen molar-refractivity contribution < 1.29 is 19.4 Å². The third-order valence-electron chi connectivity index (χ3n) is 4.99. The van der Waals surface area contributed by atoms with Crippen molar-refractivity contribution in [3.05, 3.63) is 59.2 Å². The van der Waals surface area contributed by atoms with E-state index in [2.05, 4.69) is 27.0 Å². The Balaban J connectivity index is 1.53. The topological polar surface area (TPSA) is 104 Å². The summed E-state index contributed by atoms with van der Waals surface area (Å²) in [6.45, 7) is 7.56. The molecule has 1 heterocycles. The summed E-state index contributed by atoms with van der Waals surface area (Å²) in [7, 11) is 0. The van der Waals surface area contributed by atoms with E-state index >= 15 is 0 Å². The Kier molecular flexibility index (Phi) is 8.74. The highest BCUT2D eigenvalue weighted by atomic mass is 16.5. The molecule has 1 amide bonds. The lowest BCUT2D eigenvalue weighted by Crippen LogP contribution is -2.41. The van der Waals surface area contributed by atoms with Crippen molar-refractivity contribution in [1.29, 1.82) is 0 Å². The van der Waals surface area contributed by atoms with Gasteiger partial charge in [-0.05, 0) is 49.7 Å². The number of aromatic hydroxyl groups is 1. The van der Waals surface area contributed by atoms with E-state index in [9.17, 15) is 9.90 Å². The van der Waals surface area contributed by atoms with E-state index in [1.54, 1.807) is 12.1 Å². The monoisotopic (exact) mass is 440 g/mol. The molecule has 172 valence electrons. The first-order valence-electron chi connectivity index (χ1n) is 11.0. The Hall–Kier alpha value is -3.26. The number of hydrogen-bond acceptors (Lipinski definition) is 5. The lowest BCUT2D eigenvalue weighted by molar-refractivity contribution is 0.0954. The summed E-state index contributed by atoms with van der Waals surface area (Å²) in [5.41, 5.74) is 2.66. The maximum Gasteiger partial charge on any atom is 0.251 e. The second-order valence-corrected chi connectivity index (χ2v) is 7.64. The number of aliphatic imine (C=N–C) groups is 1. The zero-order valence-corrected chi connectivity index (χ0v) is 18.7. The Morgan fingerprint density at radius 2 is 1.94 bits per heavy atom. The molecule has 0 spiro atoms. The molecule has 8 heteroatoms. The third kappa shape index (κ3) is 7.16. The zero-order valence-electron chi connectivity index (χ0n) is 18.7. The van der Waals surface area contributed by atoms with Crippen molar-refractivity contribution in [2.24, 2.45) is 4.99 Å². The van der Waals surface area contributed by atoms with Gasteiger partial charge in [0.15, 0.2) is 5.96 Å². The summed E-state index contributed by atoms with van der Waals surface area (Å²) < 4.78 is 11.6. The molecule has 1 aliphatic rings. The molecule has 0 aromatic heterocycles. The minimum absolute atomic E-state index is 0.0862. The van der Waals surface area contributed by atoms with Gasteiger partial charge in [-0.1, -0.05) is 12.1 Å². The normalized spacial score (nSPS) is 15.9. The zero-order chi connectivity index (χ0) is 22.8. The minimum atomic E-state index is -0.189. The smallest absolute Gasteiger partial charge is 0.251 e. The van der Waals surface area contributed by atoms with Gasteiger partial charge in [0.1, 0.15) is 17.6 Å². The third-order valence-corrected chi connectivity index (χ3v) is 4.99. The molecule has 8 nitrogen and oxygen atoms in total. The molecule has 32 heavy (non-hydrogen) atoms. The number of phenolic OH excluding ortho intramolecular Hbond substituents is 1. The number of carbonyl (C=O) groups is 1. The van der Waals surface area contributed by atoms with Crippen molar-refractivity contribution in [3.8, 4) is 11.5 Å². The number of rotatable bonds is 9. The van der Waals surface area contributed by atoms with Crippen LogP contribution in [0.15, 0.2) is 47.5 Å². The molecule has 3 rings (SSSR count). The van der Waals surface area contributed by atoms with Gasteiger partial charge in [0.25, 0.3) is 5.91 Å². The summed E-state index contributed by atoms with van der Waals surface area (Å²) in [5, 5.41) is 18.6. The van der Waals surface area contributed by atoms with Crippen LogP contribution in [0, 0.1) is 6.92 Å². The fourth-order valence-electron chi connectivity index (χ4n) is 3.27. The molecule has 2 aromatic carbocycles. The van der Waals surface area contributed by atoms with Crippen LogP contribution in [0.2, 0.25) is 0 Å². The van der Waals surface area contributed by atoms with Crippen molar-refractivity contribution in [2.75, 3.05) is 32.8 Å². The van der Waals surface area contributed by atoms with Crippen LogP contribution in [-0.2, 0) is 11.3 Å². The summed E-state index contributed by atoms with van der Waals surface area (Å²) in [5.74, 6) is 1.46. The number of benzene rings is 2. The van der Waals surface area contributed by atoms with E-state index in [4.69, 9.17) is 9.47 Å². The lowest BCUT2D eigenvalue weighted by Gasteiger charge is -2.16. The number of nitrogens with zero attached hydrogens (tertiary/aromatic N) is 1. The molecular formula is C24H32N4O4. The van der Waals surface area contributed by atoms with Gasteiger partial charge >= 0.3 is 0 Å². The van der Waals surface area contributed by atoms with E-state index in [1.165, 1.54) is 12.1 Å². The number of phenols is 1. The van der Waals surface area contributed by atoms with Gasteiger partial charge < -0.3 is 30.5 Å². The summed E-state index contributed by atoms with van der Waals surface area (Å²) in [4.78, 5) is 16.8. The summed E-state index contributed by atoms with van der Waals surface area (Å²) in [6, 6.07) is 12.3. The number of ether oxygens (including phenoxy) is 2. The number of nitrogens with one attached hydrogen (secondary N) is 3. The van der Waals surface area contributed by atoms with Crippen molar-refractivity contribution in [1.82, 2.24) is 16.0 Å². The van der Waals surface area contributed by atoms with Crippen LogP contribution in [0.3, 0.4) is 0 Å². The number of carbonyl (C=O) groups excluding carboxylic acids is 1. The van der Waals surface area contributed by atoms with Gasteiger partial charge in [0.05, 0.1) is 19.8 Å². The fraction of sp³-hybridized carbons (Fsp3) is 0.417. The van der Waals surface area contributed by atoms with Crippen molar-refractivity contribution in [2.45, 2.75) is 32.9 Å². The standard InChI is InChI=1S/C24H32N4O4/c1-3-25-24(27-12-11-26-23(30)18-6-8-20(29)9-7-18)28-15-19-5-4-17(2)14-22(19)32-21-10-13-31-16-21/h4-9,14,21,29H,3,10-13,15-16H2,1-2H3,(H,26,30)(H2,25,27,28). The van der Waals surface area contributed by atoms with E-state index in [0.717, 1.165) is 36.4 Å². The summed E-state index contributed by atoms with van der Waals surface area (Å²) in [6.07, 6.45) is 0.986. The summed E-state index contributed by atoms with van der Waals surface area (Å²) >= 11 is 0. The second kappa shape index (κ2) is 12.0. The van der Waals surface area contributed by atoms with Crippen molar-refractivity contribution >= 4 is 11.9 Å². The molecule has 0 bridgehead atoms. The molecule has 0 aliphatic carbocycles. The number of aryl methyl sites for hydroxylation is 1. The average Bonchev–Trinajstić information content (AvgIpc) is 3.29. The average molecular weight is 441 g/mol. The Bertz CT molecular complexity index is 909. The van der Waals surface area contributed by atoms with Gasteiger partial charge in [0, 0.05) is 37.2 Å². The molecule has 2 aromatic rings. The maximum atomic E-state index is 12.2. The second-order valence-electron chi connectivity index (χ2n) is 7.64. The molecule has 1 fully saturated rings. The largest absolute Gasteiger partial charge is 0.508 e. The van der Waals surface area contributed by atoms with Crippen LogP contribution < -0.4 is 20.7 Å². The van der Waals surface area contributed by atoms with Crippen LogP contribution in [0.4, 0.5) is 0 Å². The highest BCUT2D eigenvalue weighted by Gasteiger charge is 2.18. The Morgan fingerprint density at radius 3 is 2.66 bits per heavy atom. The van der Waals surface area contributed by atoms with Gasteiger partial charge in [-0.15, -0.1) is 0 Å². The molecular weight excluding hydrogens is 408 g/mol. The molecule has 1 atom stereocenters. The lowest BCUT2D eigenvalue weighted by atomic mass is 10.1. The van der Waals surface area contributed by atoms with E-state index in [1.807, 2.05) is 26.0 Å². The first-order valence-corrected chi connectivity index (χ1v) is 11.0. The van der Waals surface area contributed by atoms with Crippen LogP contribution in [0.25, 0.3) is 0 Å². The van der Waals surface area contributed by atoms with Gasteiger partial charge in [-0.3, -0.25) is 4.79 Å². The van der Waals surface area contributed by atoms with Gasteiger partial charge in [-0.2, -0.15) is 0 Å². The molecule has 4 N–H and O–H groups in total.